The van der Waals surface area contributed by atoms with Gasteiger partial charge in [0, 0.05) is 49.8 Å². The maximum Gasteiger partial charge on any atom is 0.171 e. The molecule has 10 rings (SSSR count). The fraction of sp³-hybridized carbons (Fsp3) is 0.143. The number of benzene rings is 4. The summed E-state index contributed by atoms with van der Waals surface area (Å²) in [6.45, 7) is 0.711. The number of rotatable bonds is 4. The number of ether oxygens (including phenoxy) is 4. The summed E-state index contributed by atoms with van der Waals surface area (Å²) in [5.74, 6) is 1.32. The number of halogens is 2. The summed E-state index contributed by atoms with van der Waals surface area (Å²) in [5.41, 5.74) is 10.5. The lowest BCUT2D eigenvalue weighted by Crippen LogP contribution is -2.36. The third-order valence-electron chi connectivity index (χ3n) is 9.34. The van der Waals surface area contributed by atoms with Crippen LogP contribution in [0.2, 0.25) is 0 Å². The second-order valence-corrected chi connectivity index (χ2v) is 12.7. The molecular weight excluding hydrogens is 662 g/mol. The minimum Gasteiger partial charge on any atom is -0.485 e. The highest BCUT2D eigenvalue weighted by molar-refractivity contribution is 5.99. The molecule has 6 heterocycles. The van der Waals surface area contributed by atoms with E-state index in [1.807, 2.05) is 24.3 Å². The van der Waals surface area contributed by atoms with Gasteiger partial charge in [0.1, 0.15) is 24.8 Å². The normalized spacial score (nSPS) is 17.6. The molecular formula is C42H30F2N4O4. The van der Waals surface area contributed by atoms with E-state index < -0.39 is 0 Å². The third-order valence-corrected chi connectivity index (χ3v) is 9.34. The van der Waals surface area contributed by atoms with Gasteiger partial charge in [-0.2, -0.15) is 0 Å². The van der Waals surface area contributed by atoms with E-state index in [1.165, 1.54) is 29.8 Å². The van der Waals surface area contributed by atoms with Crippen molar-refractivity contribution in [3.8, 4) is 45.3 Å². The largest absolute Gasteiger partial charge is 0.485 e. The molecule has 52 heavy (non-hydrogen) atoms. The molecule has 0 saturated heterocycles. The molecule has 4 aliphatic heterocycles. The zero-order valence-electron chi connectivity index (χ0n) is 27.7. The van der Waals surface area contributed by atoms with E-state index >= 15 is 0 Å². The van der Waals surface area contributed by atoms with E-state index in [4.69, 9.17) is 28.9 Å². The first-order chi connectivity index (χ1) is 25.5. The van der Waals surface area contributed by atoms with Gasteiger partial charge in [0.25, 0.3) is 0 Å². The second kappa shape index (κ2) is 13.4. The Morgan fingerprint density at radius 2 is 0.942 bits per heavy atom. The SMILES string of the molecule is Fc1ccc2c(c1)OC(C1=Nc3cc(-c4ccncc4)ccc3C1)CO2.Fc1ccc2c(c1)OCC(C1=Nc3cc(-c4ccncc4)ccc3C1)O2. The summed E-state index contributed by atoms with van der Waals surface area (Å²) in [6, 6.07) is 29.1. The molecule has 2 atom stereocenters. The van der Waals surface area contributed by atoms with Crippen molar-refractivity contribution in [3.63, 3.8) is 0 Å². The summed E-state index contributed by atoms with van der Waals surface area (Å²) in [7, 11) is 0. The highest BCUT2D eigenvalue weighted by Gasteiger charge is 2.31. The van der Waals surface area contributed by atoms with Gasteiger partial charge in [-0.15, -0.1) is 0 Å². The summed E-state index contributed by atoms with van der Waals surface area (Å²) >= 11 is 0. The van der Waals surface area contributed by atoms with Crippen LogP contribution in [-0.4, -0.2) is 46.8 Å². The Kier molecular flexibility index (Phi) is 8.11. The Morgan fingerprint density at radius 1 is 0.462 bits per heavy atom. The smallest absolute Gasteiger partial charge is 0.171 e. The number of fused-ring (bicyclic) bond motifs is 4. The van der Waals surface area contributed by atoms with Gasteiger partial charge in [-0.1, -0.05) is 24.3 Å². The lowest BCUT2D eigenvalue weighted by Gasteiger charge is -2.26. The van der Waals surface area contributed by atoms with Crippen LogP contribution in [0.25, 0.3) is 22.3 Å². The molecule has 0 N–H and O–H groups in total. The number of hydrogen-bond acceptors (Lipinski definition) is 8. The predicted octanol–water partition coefficient (Wildman–Crippen LogP) is 8.71. The molecule has 0 saturated carbocycles. The molecule has 2 unspecified atom stereocenters. The zero-order valence-corrected chi connectivity index (χ0v) is 27.7. The van der Waals surface area contributed by atoms with Crippen LogP contribution in [-0.2, 0) is 12.8 Å². The first-order valence-corrected chi connectivity index (χ1v) is 16.9. The number of pyridine rings is 2. The number of aromatic nitrogens is 2. The van der Waals surface area contributed by atoms with E-state index in [9.17, 15) is 8.78 Å². The quantitative estimate of drug-likeness (QED) is 0.184. The van der Waals surface area contributed by atoms with Gasteiger partial charge in [0.15, 0.2) is 35.2 Å². The summed E-state index contributed by atoms with van der Waals surface area (Å²) in [4.78, 5) is 17.6. The molecule has 0 fully saturated rings. The van der Waals surface area contributed by atoms with Crippen molar-refractivity contribution in [3.05, 3.63) is 145 Å². The molecule has 0 radical (unpaired) electrons. The van der Waals surface area contributed by atoms with Crippen LogP contribution in [0.15, 0.2) is 132 Å². The molecule has 10 heteroatoms. The van der Waals surface area contributed by atoms with E-state index in [-0.39, 0.29) is 23.8 Å². The van der Waals surface area contributed by atoms with Crippen LogP contribution in [0.3, 0.4) is 0 Å². The van der Waals surface area contributed by atoms with Gasteiger partial charge >= 0.3 is 0 Å². The summed E-state index contributed by atoms with van der Waals surface area (Å²) in [5, 5.41) is 0. The van der Waals surface area contributed by atoms with E-state index in [0.29, 0.717) is 42.6 Å². The molecule has 0 bridgehead atoms. The Hall–Kier alpha value is -6.42. The van der Waals surface area contributed by atoms with Crippen molar-refractivity contribution in [1.29, 1.82) is 0 Å². The maximum absolute atomic E-state index is 13.4. The van der Waals surface area contributed by atoms with Gasteiger partial charge in [0.2, 0.25) is 0 Å². The Bertz CT molecular complexity index is 2370. The lowest BCUT2D eigenvalue weighted by atomic mass is 10.0. The molecule has 0 aliphatic carbocycles. The van der Waals surface area contributed by atoms with Gasteiger partial charge in [-0.25, -0.2) is 8.78 Å². The van der Waals surface area contributed by atoms with E-state index in [2.05, 4.69) is 46.4 Å². The highest BCUT2D eigenvalue weighted by Crippen LogP contribution is 2.38. The van der Waals surface area contributed by atoms with Gasteiger partial charge < -0.3 is 18.9 Å². The topological polar surface area (TPSA) is 87.4 Å². The van der Waals surface area contributed by atoms with Crippen LogP contribution in [0, 0.1) is 11.6 Å². The maximum atomic E-state index is 13.4. The van der Waals surface area contributed by atoms with Crippen molar-refractivity contribution in [2.75, 3.05) is 13.2 Å². The van der Waals surface area contributed by atoms with Crippen LogP contribution < -0.4 is 18.9 Å². The predicted molar refractivity (Wildman–Crippen MR) is 194 cm³/mol. The lowest BCUT2D eigenvalue weighted by molar-refractivity contribution is 0.133. The van der Waals surface area contributed by atoms with E-state index in [0.717, 1.165) is 57.0 Å². The minimum absolute atomic E-state index is 0.260. The van der Waals surface area contributed by atoms with Crippen LogP contribution in [0.4, 0.5) is 20.2 Å². The third kappa shape index (κ3) is 6.35. The average Bonchev–Trinajstić information content (AvgIpc) is 3.82. The molecule has 2 aromatic heterocycles. The molecule has 6 aromatic rings. The first kappa shape index (κ1) is 31.6. The average molecular weight is 693 g/mol. The van der Waals surface area contributed by atoms with Crippen molar-refractivity contribution >= 4 is 22.8 Å². The highest BCUT2D eigenvalue weighted by atomic mass is 19.1. The van der Waals surface area contributed by atoms with Gasteiger partial charge in [-0.05, 0) is 94.0 Å². The standard InChI is InChI=1S/2C21H15FN2O2/c22-16-3-4-19-20(11-16)25-12-21(26-19)18-10-15-2-1-14(9-17(15)24-18)13-5-7-23-8-6-13;22-16-3-4-19-20(11-16)26-21(12-25-19)18-10-15-2-1-14(9-17(15)24-18)13-5-7-23-8-6-13/h2*1-9,11,21H,10,12H2. The van der Waals surface area contributed by atoms with Crippen molar-refractivity contribution in [1.82, 2.24) is 9.97 Å². The Labute approximate surface area is 298 Å². The second-order valence-electron chi connectivity index (χ2n) is 12.7. The molecule has 4 aromatic carbocycles. The number of aliphatic imine (C=N–C) groups is 2. The van der Waals surface area contributed by atoms with Crippen molar-refractivity contribution in [2.45, 2.75) is 25.0 Å². The fourth-order valence-electron chi connectivity index (χ4n) is 6.65. The van der Waals surface area contributed by atoms with E-state index in [1.54, 1.807) is 36.9 Å². The fourth-order valence-corrected chi connectivity index (χ4v) is 6.65. The van der Waals surface area contributed by atoms with Crippen LogP contribution >= 0.6 is 0 Å². The van der Waals surface area contributed by atoms with Crippen molar-refractivity contribution in [2.24, 2.45) is 9.98 Å². The summed E-state index contributed by atoms with van der Waals surface area (Å²) in [6.07, 6.45) is 8.00. The van der Waals surface area contributed by atoms with Gasteiger partial charge in [0.05, 0.1) is 22.8 Å². The van der Waals surface area contributed by atoms with Crippen LogP contribution in [0.5, 0.6) is 23.0 Å². The van der Waals surface area contributed by atoms with Crippen LogP contribution in [0.1, 0.15) is 11.1 Å². The molecule has 256 valence electrons. The first-order valence-electron chi connectivity index (χ1n) is 16.9. The molecule has 0 amide bonds. The van der Waals surface area contributed by atoms with Crippen molar-refractivity contribution < 1.29 is 27.7 Å². The van der Waals surface area contributed by atoms with Gasteiger partial charge in [-0.3, -0.25) is 20.0 Å². The molecule has 8 nitrogen and oxygen atoms in total. The summed E-state index contributed by atoms with van der Waals surface area (Å²) < 4.78 is 50.0. The zero-order chi connectivity index (χ0) is 35.0. The number of nitrogens with zero attached hydrogens (tertiary/aromatic N) is 4. The molecule has 4 aliphatic rings. The monoisotopic (exact) mass is 692 g/mol. The Balaban J connectivity index is 0.000000138. The Morgan fingerprint density at radius 3 is 1.50 bits per heavy atom. The number of hydrogen-bond donors (Lipinski definition) is 0. The molecule has 0 spiro atoms. The minimum atomic E-state index is -0.341.